The van der Waals surface area contributed by atoms with Gasteiger partial charge in [0.25, 0.3) is 0 Å². The molecule has 0 N–H and O–H groups in total. The molecule has 1 fully saturated rings. The van der Waals surface area contributed by atoms with E-state index in [1.54, 1.807) is 6.33 Å². The standard InChI is InChI=1S/C19H27N5O2/c1-13-9-16(21-12-20-13)5-6-17-11-24(7-8-26-17)19(25)10-18-14(2)22-23(4)15(18)3/h9,12,17H,5-8,10-11H2,1-4H3/t17-/m0/s1. The fourth-order valence-electron chi connectivity index (χ4n) is 3.41. The summed E-state index contributed by atoms with van der Waals surface area (Å²) in [5, 5.41) is 4.40. The van der Waals surface area contributed by atoms with Crippen molar-refractivity contribution >= 4 is 5.91 Å². The van der Waals surface area contributed by atoms with Crippen LogP contribution in [-0.4, -0.2) is 56.4 Å². The van der Waals surface area contributed by atoms with Crippen LogP contribution in [0.5, 0.6) is 0 Å². The summed E-state index contributed by atoms with van der Waals surface area (Å²) in [6.07, 6.45) is 3.74. The summed E-state index contributed by atoms with van der Waals surface area (Å²) in [7, 11) is 1.91. The minimum absolute atomic E-state index is 0.0547. The zero-order valence-electron chi connectivity index (χ0n) is 16.0. The van der Waals surface area contributed by atoms with Crippen LogP contribution in [0.2, 0.25) is 0 Å². The average Bonchev–Trinajstić information content (AvgIpc) is 2.86. The van der Waals surface area contributed by atoms with Crippen molar-refractivity contribution in [3.63, 3.8) is 0 Å². The van der Waals surface area contributed by atoms with E-state index in [1.807, 2.05) is 43.5 Å². The highest BCUT2D eigenvalue weighted by Gasteiger charge is 2.25. The van der Waals surface area contributed by atoms with Gasteiger partial charge >= 0.3 is 0 Å². The van der Waals surface area contributed by atoms with Crippen LogP contribution < -0.4 is 0 Å². The van der Waals surface area contributed by atoms with Gasteiger partial charge in [-0.2, -0.15) is 5.10 Å². The van der Waals surface area contributed by atoms with Crippen molar-refractivity contribution in [2.75, 3.05) is 19.7 Å². The number of amides is 1. The van der Waals surface area contributed by atoms with E-state index >= 15 is 0 Å². The van der Waals surface area contributed by atoms with Gasteiger partial charge in [0.05, 0.1) is 24.8 Å². The molecule has 3 heterocycles. The molecule has 0 aromatic carbocycles. The zero-order chi connectivity index (χ0) is 18.7. The van der Waals surface area contributed by atoms with Gasteiger partial charge in [0, 0.05) is 42.8 Å². The van der Waals surface area contributed by atoms with Crippen molar-refractivity contribution in [3.8, 4) is 0 Å². The van der Waals surface area contributed by atoms with Crippen LogP contribution in [0.15, 0.2) is 12.4 Å². The van der Waals surface area contributed by atoms with Crippen molar-refractivity contribution < 1.29 is 9.53 Å². The van der Waals surface area contributed by atoms with E-state index < -0.39 is 0 Å². The Kier molecular flexibility index (Phi) is 5.66. The van der Waals surface area contributed by atoms with E-state index in [4.69, 9.17) is 4.74 Å². The van der Waals surface area contributed by atoms with Crippen LogP contribution in [0.4, 0.5) is 0 Å². The molecule has 0 radical (unpaired) electrons. The van der Waals surface area contributed by atoms with Crippen LogP contribution in [0.1, 0.15) is 34.8 Å². The quantitative estimate of drug-likeness (QED) is 0.811. The molecule has 26 heavy (non-hydrogen) atoms. The Labute approximate surface area is 154 Å². The number of hydrogen-bond donors (Lipinski definition) is 0. The maximum Gasteiger partial charge on any atom is 0.227 e. The number of morpholine rings is 1. The fourth-order valence-corrected chi connectivity index (χ4v) is 3.41. The first kappa shape index (κ1) is 18.5. The molecule has 0 unspecified atom stereocenters. The Balaban J connectivity index is 1.56. The van der Waals surface area contributed by atoms with E-state index in [9.17, 15) is 4.79 Å². The third-order valence-electron chi connectivity index (χ3n) is 5.06. The number of carbonyl (C=O) groups excluding carboxylic acids is 1. The summed E-state index contributed by atoms with van der Waals surface area (Å²) < 4.78 is 7.70. The largest absolute Gasteiger partial charge is 0.375 e. The van der Waals surface area contributed by atoms with E-state index in [0.29, 0.717) is 26.1 Å². The summed E-state index contributed by atoms with van der Waals surface area (Å²) in [6, 6.07) is 2.00. The Morgan fingerprint density at radius 1 is 1.31 bits per heavy atom. The molecule has 1 amide bonds. The smallest absolute Gasteiger partial charge is 0.227 e. The summed E-state index contributed by atoms with van der Waals surface area (Å²) in [5.74, 6) is 0.149. The van der Waals surface area contributed by atoms with Crippen molar-refractivity contribution in [3.05, 3.63) is 40.7 Å². The van der Waals surface area contributed by atoms with Crippen LogP contribution in [0.25, 0.3) is 0 Å². The van der Waals surface area contributed by atoms with Gasteiger partial charge in [-0.05, 0) is 39.7 Å². The number of aryl methyl sites for hydroxylation is 4. The summed E-state index contributed by atoms with van der Waals surface area (Å²) in [4.78, 5) is 23.1. The molecule has 0 bridgehead atoms. The van der Waals surface area contributed by atoms with Gasteiger partial charge in [-0.3, -0.25) is 9.48 Å². The Morgan fingerprint density at radius 2 is 2.12 bits per heavy atom. The van der Waals surface area contributed by atoms with Gasteiger partial charge in [0.15, 0.2) is 0 Å². The maximum atomic E-state index is 12.8. The first-order valence-electron chi connectivity index (χ1n) is 9.10. The van der Waals surface area contributed by atoms with Crippen LogP contribution in [-0.2, 0) is 29.4 Å². The molecule has 7 nitrogen and oxygen atoms in total. The number of rotatable bonds is 5. The van der Waals surface area contributed by atoms with E-state index in [2.05, 4.69) is 15.1 Å². The van der Waals surface area contributed by atoms with Gasteiger partial charge < -0.3 is 9.64 Å². The second-order valence-corrected chi connectivity index (χ2v) is 6.97. The topological polar surface area (TPSA) is 73.1 Å². The molecule has 140 valence electrons. The van der Waals surface area contributed by atoms with E-state index in [1.165, 1.54) is 0 Å². The van der Waals surface area contributed by atoms with Gasteiger partial charge in [-0.1, -0.05) is 0 Å². The van der Waals surface area contributed by atoms with Crippen LogP contribution >= 0.6 is 0 Å². The van der Waals surface area contributed by atoms with E-state index in [0.717, 1.165) is 41.2 Å². The molecule has 1 aliphatic rings. The normalized spacial score (nSPS) is 17.5. The number of hydrogen-bond acceptors (Lipinski definition) is 5. The SMILES string of the molecule is Cc1cc(CC[C@H]2CN(C(=O)Cc3c(C)nn(C)c3C)CCO2)ncn1. The average molecular weight is 357 g/mol. The molecule has 1 atom stereocenters. The lowest BCUT2D eigenvalue weighted by Crippen LogP contribution is -2.46. The van der Waals surface area contributed by atoms with Gasteiger partial charge in [0.2, 0.25) is 5.91 Å². The molecular weight excluding hydrogens is 330 g/mol. The van der Waals surface area contributed by atoms with Crippen molar-refractivity contribution in [1.82, 2.24) is 24.6 Å². The third kappa shape index (κ3) is 4.27. The number of aromatic nitrogens is 4. The first-order valence-corrected chi connectivity index (χ1v) is 9.10. The fraction of sp³-hybridized carbons (Fsp3) is 0.579. The van der Waals surface area contributed by atoms with Crippen molar-refractivity contribution in [2.45, 2.75) is 46.1 Å². The van der Waals surface area contributed by atoms with Gasteiger partial charge in [-0.25, -0.2) is 9.97 Å². The zero-order valence-corrected chi connectivity index (χ0v) is 16.0. The first-order chi connectivity index (χ1) is 12.4. The molecule has 1 aliphatic heterocycles. The lowest BCUT2D eigenvalue weighted by Gasteiger charge is -2.33. The predicted molar refractivity (Wildman–Crippen MR) is 97.8 cm³/mol. The highest BCUT2D eigenvalue weighted by molar-refractivity contribution is 5.79. The summed E-state index contributed by atoms with van der Waals surface area (Å²) in [5.41, 5.74) is 5.02. The van der Waals surface area contributed by atoms with Crippen LogP contribution in [0.3, 0.4) is 0 Å². The lowest BCUT2D eigenvalue weighted by molar-refractivity contribution is -0.138. The molecule has 2 aromatic rings. The van der Waals surface area contributed by atoms with Crippen molar-refractivity contribution in [1.29, 1.82) is 0 Å². The van der Waals surface area contributed by atoms with Gasteiger partial charge in [0.1, 0.15) is 6.33 Å². The highest BCUT2D eigenvalue weighted by Crippen LogP contribution is 2.17. The molecule has 7 heteroatoms. The molecule has 0 aliphatic carbocycles. The minimum atomic E-state index is 0.0547. The molecule has 0 saturated carbocycles. The molecule has 2 aromatic heterocycles. The summed E-state index contributed by atoms with van der Waals surface area (Å²) in [6.45, 7) is 7.81. The Morgan fingerprint density at radius 3 is 2.81 bits per heavy atom. The monoisotopic (exact) mass is 357 g/mol. The van der Waals surface area contributed by atoms with Crippen LogP contribution in [0, 0.1) is 20.8 Å². The second kappa shape index (κ2) is 7.95. The molecule has 1 saturated heterocycles. The van der Waals surface area contributed by atoms with E-state index in [-0.39, 0.29) is 12.0 Å². The number of ether oxygens (including phenoxy) is 1. The predicted octanol–water partition coefficient (Wildman–Crippen LogP) is 1.54. The third-order valence-corrected chi connectivity index (χ3v) is 5.06. The lowest BCUT2D eigenvalue weighted by atomic mass is 10.1. The maximum absolute atomic E-state index is 12.8. The minimum Gasteiger partial charge on any atom is -0.375 e. The molecular formula is C19H27N5O2. The second-order valence-electron chi connectivity index (χ2n) is 6.97. The molecule has 3 rings (SSSR count). The highest BCUT2D eigenvalue weighted by atomic mass is 16.5. The molecule has 0 spiro atoms. The summed E-state index contributed by atoms with van der Waals surface area (Å²) >= 11 is 0. The Bertz CT molecular complexity index is 786. The van der Waals surface area contributed by atoms with Gasteiger partial charge in [-0.15, -0.1) is 0 Å². The Hall–Kier alpha value is -2.28. The number of nitrogens with zero attached hydrogens (tertiary/aromatic N) is 5. The van der Waals surface area contributed by atoms with Crippen molar-refractivity contribution in [2.24, 2.45) is 7.05 Å². The number of carbonyl (C=O) groups is 1.